The second-order valence-corrected chi connectivity index (χ2v) is 5.34. The molecule has 0 unspecified atom stereocenters. The van der Waals surface area contributed by atoms with E-state index in [1.54, 1.807) is 18.9 Å². The Morgan fingerprint density at radius 3 is 2.47 bits per heavy atom. The normalized spacial score (nSPS) is 10.2. The van der Waals surface area contributed by atoms with Crippen LogP contribution in [0, 0.1) is 0 Å². The Kier molecular flexibility index (Phi) is 3.97. The van der Waals surface area contributed by atoms with Crippen LogP contribution in [-0.2, 0) is 0 Å². The van der Waals surface area contributed by atoms with Gasteiger partial charge in [0.25, 0.3) is 0 Å². The van der Waals surface area contributed by atoms with Crippen molar-refractivity contribution >= 4 is 33.4 Å². The third-order valence-electron chi connectivity index (χ3n) is 2.30. The lowest BCUT2D eigenvalue weighted by atomic mass is 10.3. The van der Waals surface area contributed by atoms with Crippen molar-refractivity contribution in [2.45, 2.75) is 9.79 Å². The van der Waals surface area contributed by atoms with Crippen LogP contribution < -0.4 is 10.5 Å². The maximum atomic E-state index is 6.03. The minimum atomic E-state index is 0.677. The highest BCUT2D eigenvalue weighted by atomic mass is 79.9. The van der Waals surface area contributed by atoms with Gasteiger partial charge in [-0.1, -0.05) is 30.0 Å². The molecule has 0 aliphatic rings. The average Bonchev–Trinajstić information content (AvgIpc) is 2.34. The van der Waals surface area contributed by atoms with Crippen molar-refractivity contribution in [3.63, 3.8) is 0 Å². The summed E-state index contributed by atoms with van der Waals surface area (Å²) in [5.41, 5.74) is 6.71. The summed E-state index contributed by atoms with van der Waals surface area (Å²) < 4.78 is 6.27. The summed E-state index contributed by atoms with van der Waals surface area (Å²) in [6.07, 6.45) is 0. The molecule has 0 saturated heterocycles. The Balaban J connectivity index is 2.34. The number of para-hydroxylation sites is 1. The van der Waals surface area contributed by atoms with E-state index in [4.69, 9.17) is 10.5 Å². The second kappa shape index (κ2) is 5.47. The van der Waals surface area contributed by atoms with Crippen LogP contribution in [0.15, 0.2) is 56.7 Å². The lowest BCUT2D eigenvalue weighted by Crippen LogP contribution is -1.94. The Morgan fingerprint density at radius 1 is 1.06 bits per heavy atom. The number of nitrogens with two attached hydrogens (primary N) is 1. The molecule has 17 heavy (non-hydrogen) atoms. The number of nitrogen functional groups attached to an aromatic ring is 1. The third kappa shape index (κ3) is 2.76. The first-order chi connectivity index (χ1) is 8.22. The molecular formula is C13H12BrNOS. The molecule has 2 aromatic carbocycles. The van der Waals surface area contributed by atoms with Gasteiger partial charge in [-0.2, -0.15) is 0 Å². The fourth-order valence-corrected chi connectivity index (χ4v) is 2.87. The van der Waals surface area contributed by atoms with Crippen molar-refractivity contribution in [3.05, 3.63) is 46.9 Å². The Bertz CT molecular complexity index is 531. The maximum absolute atomic E-state index is 6.03. The van der Waals surface area contributed by atoms with Gasteiger partial charge in [0.05, 0.1) is 12.8 Å². The van der Waals surface area contributed by atoms with Crippen LogP contribution in [-0.4, -0.2) is 7.11 Å². The van der Waals surface area contributed by atoms with Crippen LogP contribution in [0.2, 0.25) is 0 Å². The maximum Gasteiger partial charge on any atom is 0.142 e. The Morgan fingerprint density at radius 2 is 1.76 bits per heavy atom. The van der Waals surface area contributed by atoms with E-state index in [9.17, 15) is 0 Å². The molecule has 0 bridgehead atoms. The van der Waals surface area contributed by atoms with Crippen molar-refractivity contribution in [3.8, 4) is 5.75 Å². The van der Waals surface area contributed by atoms with E-state index in [0.29, 0.717) is 11.4 Å². The zero-order valence-electron chi connectivity index (χ0n) is 9.31. The smallest absolute Gasteiger partial charge is 0.142 e. The fraction of sp³-hybridized carbons (Fsp3) is 0.0769. The number of rotatable bonds is 3. The first-order valence-electron chi connectivity index (χ1n) is 5.07. The highest BCUT2D eigenvalue weighted by Crippen LogP contribution is 2.39. The molecule has 2 rings (SSSR count). The van der Waals surface area contributed by atoms with Crippen LogP contribution in [0.1, 0.15) is 0 Å². The number of hydrogen-bond donors (Lipinski definition) is 1. The van der Waals surface area contributed by atoms with Crippen molar-refractivity contribution in [1.82, 2.24) is 0 Å². The largest absolute Gasteiger partial charge is 0.495 e. The van der Waals surface area contributed by atoms with E-state index in [0.717, 1.165) is 14.3 Å². The van der Waals surface area contributed by atoms with Crippen molar-refractivity contribution in [1.29, 1.82) is 0 Å². The summed E-state index contributed by atoms with van der Waals surface area (Å²) in [4.78, 5) is 2.13. The first kappa shape index (κ1) is 12.3. The lowest BCUT2D eigenvalue weighted by molar-refractivity contribution is 0.416. The highest BCUT2D eigenvalue weighted by molar-refractivity contribution is 9.10. The fourth-order valence-electron chi connectivity index (χ4n) is 1.44. The molecule has 0 radical (unpaired) electrons. The molecule has 2 N–H and O–H groups in total. The van der Waals surface area contributed by atoms with Gasteiger partial charge in [-0.05, 0) is 40.2 Å². The van der Waals surface area contributed by atoms with Crippen LogP contribution in [0.4, 0.5) is 5.69 Å². The van der Waals surface area contributed by atoms with E-state index in [1.165, 1.54) is 0 Å². The predicted molar refractivity (Wildman–Crippen MR) is 75.7 cm³/mol. The van der Waals surface area contributed by atoms with E-state index in [-0.39, 0.29) is 0 Å². The van der Waals surface area contributed by atoms with Crippen LogP contribution in [0.25, 0.3) is 0 Å². The lowest BCUT2D eigenvalue weighted by Gasteiger charge is -2.10. The average molecular weight is 310 g/mol. The quantitative estimate of drug-likeness (QED) is 0.863. The molecule has 4 heteroatoms. The van der Waals surface area contributed by atoms with Gasteiger partial charge in [0.1, 0.15) is 5.75 Å². The summed E-state index contributed by atoms with van der Waals surface area (Å²) >= 11 is 5.14. The Hall–Kier alpha value is -1.13. The SMILES string of the molecule is COc1cccc(Sc2ccccc2Br)c1N. The molecule has 88 valence electrons. The molecule has 0 aromatic heterocycles. The van der Waals surface area contributed by atoms with E-state index in [1.807, 2.05) is 42.5 Å². The summed E-state index contributed by atoms with van der Waals surface area (Å²) in [5, 5.41) is 0. The summed E-state index contributed by atoms with van der Waals surface area (Å²) in [6.45, 7) is 0. The molecule has 0 fully saturated rings. The molecule has 0 saturated carbocycles. The van der Waals surface area contributed by atoms with Gasteiger partial charge in [0.15, 0.2) is 0 Å². The summed E-state index contributed by atoms with van der Waals surface area (Å²) in [5.74, 6) is 0.710. The van der Waals surface area contributed by atoms with E-state index in [2.05, 4.69) is 15.9 Å². The topological polar surface area (TPSA) is 35.2 Å². The van der Waals surface area contributed by atoms with Gasteiger partial charge in [0.2, 0.25) is 0 Å². The molecule has 0 atom stereocenters. The molecule has 2 aromatic rings. The summed E-state index contributed by atoms with van der Waals surface area (Å²) in [7, 11) is 1.62. The van der Waals surface area contributed by atoms with Gasteiger partial charge in [0, 0.05) is 14.3 Å². The Labute approximate surface area is 113 Å². The number of benzene rings is 2. The predicted octanol–water partition coefficient (Wildman–Crippen LogP) is 4.19. The molecule has 0 amide bonds. The number of hydrogen-bond acceptors (Lipinski definition) is 3. The van der Waals surface area contributed by atoms with Crippen LogP contribution >= 0.6 is 27.7 Å². The zero-order chi connectivity index (χ0) is 12.3. The van der Waals surface area contributed by atoms with Crippen LogP contribution in [0.5, 0.6) is 5.75 Å². The number of methoxy groups -OCH3 is 1. The van der Waals surface area contributed by atoms with Gasteiger partial charge in [-0.25, -0.2) is 0 Å². The number of anilines is 1. The first-order valence-corrected chi connectivity index (χ1v) is 6.68. The molecule has 0 aliphatic heterocycles. The van der Waals surface area contributed by atoms with E-state index >= 15 is 0 Å². The molecule has 0 spiro atoms. The number of ether oxygens (including phenoxy) is 1. The van der Waals surface area contributed by atoms with Crippen molar-refractivity contribution in [2.75, 3.05) is 12.8 Å². The summed E-state index contributed by atoms with van der Waals surface area (Å²) in [6, 6.07) is 13.8. The molecule has 2 nitrogen and oxygen atoms in total. The molecular weight excluding hydrogens is 298 g/mol. The van der Waals surface area contributed by atoms with Gasteiger partial charge < -0.3 is 10.5 Å². The monoisotopic (exact) mass is 309 g/mol. The van der Waals surface area contributed by atoms with E-state index < -0.39 is 0 Å². The van der Waals surface area contributed by atoms with Gasteiger partial charge >= 0.3 is 0 Å². The van der Waals surface area contributed by atoms with Gasteiger partial charge in [-0.15, -0.1) is 0 Å². The van der Waals surface area contributed by atoms with Crippen molar-refractivity contribution < 1.29 is 4.74 Å². The molecule has 0 heterocycles. The second-order valence-electron chi connectivity index (χ2n) is 3.40. The highest BCUT2D eigenvalue weighted by Gasteiger charge is 2.08. The number of halogens is 1. The molecule has 0 aliphatic carbocycles. The third-order valence-corrected chi connectivity index (χ3v) is 4.41. The van der Waals surface area contributed by atoms with Crippen LogP contribution in [0.3, 0.4) is 0 Å². The zero-order valence-corrected chi connectivity index (χ0v) is 11.7. The minimum absolute atomic E-state index is 0.677. The standard InChI is InChI=1S/C13H12BrNOS/c1-16-10-6-4-8-12(13(10)15)17-11-7-3-2-5-9(11)14/h2-8H,15H2,1H3. The van der Waals surface area contributed by atoms with Crippen molar-refractivity contribution in [2.24, 2.45) is 0 Å². The van der Waals surface area contributed by atoms with Gasteiger partial charge in [-0.3, -0.25) is 0 Å². The minimum Gasteiger partial charge on any atom is -0.495 e.